The fourth-order valence-corrected chi connectivity index (χ4v) is 3.18. The second-order valence-corrected chi connectivity index (χ2v) is 6.83. The van der Waals surface area contributed by atoms with Crippen LogP contribution >= 0.6 is 27.3 Å². The van der Waals surface area contributed by atoms with Gasteiger partial charge in [-0.3, -0.25) is 4.90 Å². The molecule has 19 heavy (non-hydrogen) atoms. The minimum absolute atomic E-state index is 0.0685. The quantitative estimate of drug-likeness (QED) is 0.804. The van der Waals surface area contributed by atoms with E-state index in [9.17, 15) is 0 Å². The van der Waals surface area contributed by atoms with Gasteiger partial charge in [-0.1, -0.05) is 5.16 Å². The summed E-state index contributed by atoms with van der Waals surface area (Å²) in [5, 5.41) is 3.88. The van der Waals surface area contributed by atoms with E-state index in [0.29, 0.717) is 18.3 Å². The molecule has 0 aliphatic rings. The van der Waals surface area contributed by atoms with Gasteiger partial charge in [0.15, 0.2) is 5.82 Å². The first-order chi connectivity index (χ1) is 9.10. The highest BCUT2D eigenvalue weighted by atomic mass is 79.9. The van der Waals surface area contributed by atoms with Crippen LogP contribution in [0.1, 0.15) is 29.6 Å². The topological polar surface area (TPSA) is 51.4 Å². The van der Waals surface area contributed by atoms with Crippen LogP contribution in [0.4, 0.5) is 0 Å². The first-order valence-corrected chi connectivity index (χ1v) is 7.47. The first-order valence-electron chi connectivity index (χ1n) is 5.86. The molecule has 0 bridgehead atoms. The van der Waals surface area contributed by atoms with E-state index in [1.165, 1.54) is 4.88 Å². The van der Waals surface area contributed by atoms with E-state index in [2.05, 4.69) is 43.1 Å². The molecular weight excluding hydrogens is 330 g/mol. The molecule has 0 saturated heterocycles. The zero-order chi connectivity index (χ0) is 13.8. The lowest BCUT2D eigenvalue weighted by atomic mass is 10.3. The number of nitrogens with zero attached hydrogens (tertiary/aromatic N) is 3. The molecule has 0 amide bonds. The van der Waals surface area contributed by atoms with Crippen molar-refractivity contribution in [1.29, 1.82) is 0 Å². The molecule has 1 atom stereocenters. The van der Waals surface area contributed by atoms with Gasteiger partial charge in [0.05, 0.1) is 9.83 Å². The molecule has 104 valence electrons. The van der Waals surface area contributed by atoms with Crippen molar-refractivity contribution in [3.63, 3.8) is 0 Å². The van der Waals surface area contributed by atoms with Crippen LogP contribution in [0.2, 0.25) is 0 Å². The molecule has 2 rings (SSSR count). The summed E-state index contributed by atoms with van der Waals surface area (Å²) >= 11 is 5.20. The minimum Gasteiger partial charge on any atom is -0.377 e. The summed E-state index contributed by atoms with van der Waals surface area (Å²) in [6.07, 6.45) is 0. The van der Waals surface area contributed by atoms with Crippen LogP contribution in [0.5, 0.6) is 0 Å². The van der Waals surface area contributed by atoms with Crippen LogP contribution in [0.3, 0.4) is 0 Å². The molecule has 2 aromatic heterocycles. The highest BCUT2D eigenvalue weighted by Crippen LogP contribution is 2.26. The fourth-order valence-electron chi connectivity index (χ4n) is 1.63. The number of rotatable bonds is 6. The third-order valence-electron chi connectivity index (χ3n) is 2.81. The Hall–Kier alpha value is -0.760. The van der Waals surface area contributed by atoms with Gasteiger partial charge in [-0.2, -0.15) is 4.98 Å². The second kappa shape index (κ2) is 6.60. The number of ether oxygens (including phenoxy) is 1. The van der Waals surface area contributed by atoms with Crippen LogP contribution in [0.25, 0.3) is 0 Å². The Morgan fingerprint density at radius 1 is 1.53 bits per heavy atom. The Kier molecular flexibility index (Phi) is 5.09. The molecule has 0 aliphatic carbocycles. The summed E-state index contributed by atoms with van der Waals surface area (Å²) in [5.74, 6) is 1.20. The van der Waals surface area contributed by atoms with Crippen LogP contribution in [0, 0.1) is 0 Å². The predicted octanol–water partition coefficient (Wildman–Crippen LogP) is 3.23. The smallest absolute Gasteiger partial charge is 0.243 e. The fraction of sp³-hybridized carbons (Fsp3) is 0.500. The molecule has 0 aromatic carbocycles. The summed E-state index contributed by atoms with van der Waals surface area (Å²) < 4.78 is 11.4. The average Bonchev–Trinajstić information content (AvgIpc) is 2.98. The minimum atomic E-state index is 0.0685. The number of hydrogen-bond acceptors (Lipinski definition) is 6. The molecule has 5 nitrogen and oxygen atoms in total. The van der Waals surface area contributed by atoms with Gasteiger partial charge in [-0.25, -0.2) is 0 Å². The second-order valence-electron chi connectivity index (χ2n) is 4.28. The van der Waals surface area contributed by atoms with Gasteiger partial charge in [-0.05, 0) is 42.0 Å². The monoisotopic (exact) mass is 345 g/mol. The van der Waals surface area contributed by atoms with Gasteiger partial charge >= 0.3 is 0 Å². The van der Waals surface area contributed by atoms with Crippen molar-refractivity contribution in [2.24, 2.45) is 0 Å². The van der Waals surface area contributed by atoms with Crippen LogP contribution < -0.4 is 0 Å². The van der Waals surface area contributed by atoms with Crippen molar-refractivity contribution >= 4 is 27.3 Å². The molecule has 7 heteroatoms. The van der Waals surface area contributed by atoms with Crippen LogP contribution in [0.15, 0.2) is 20.4 Å². The van der Waals surface area contributed by atoms with Crippen molar-refractivity contribution in [2.75, 3.05) is 14.2 Å². The maximum absolute atomic E-state index is 5.25. The van der Waals surface area contributed by atoms with Gasteiger partial charge < -0.3 is 9.26 Å². The van der Waals surface area contributed by atoms with E-state index < -0.39 is 0 Å². The van der Waals surface area contributed by atoms with E-state index in [0.717, 1.165) is 10.3 Å². The summed E-state index contributed by atoms with van der Waals surface area (Å²) in [6.45, 7) is 3.27. The maximum atomic E-state index is 5.25. The SMILES string of the molecule is COCc1noc([C@@H](C)N(C)Cc2ccc(Br)s2)n1. The molecular formula is C12H16BrN3O2S. The van der Waals surface area contributed by atoms with E-state index in [4.69, 9.17) is 9.26 Å². The summed E-state index contributed by atoms with van der Waals surface area (Å²) in [7, 11) is 3.65. The van der Waals surface area contributed by atoms with E-state index >= 15 is 0 Å². The highest BCUT2D eigenvalue weighted by molar-refractivity contribution is 9.11. The summed E-state index contributed by atoms with van der Waals surface area (Å²) in [5.41, 5.74) is 0. The van der Waals surface area contributed by atoms with Gasteiger partial charge in [0.2, 0.25) is 5.89 Å². The molecule has 0 fully saturated rings. The molecule has 0 saturated carbocycles. The Bertz CT molecular complexity index is 529. The van der Waals surface area contributed by atoms with Gasteiger partial charge in [0, 0.05) is 18.5 Å². The number of thiophene rings is 1. The van der Waals surface area contributed by atoms with E-state index in [-0.39, 0.29) is 6.04 Å². The standard InChI is InChI=1S/C12H16BrN3O2S/c1-8(12-14-11(7-17-3)15-18-12)16(2)6-9-4-5-10(13)19-9/h4-5,8H,6-7H2,1-3H3/t8-/m1/s1. The Morgan fingerprint density at radius 2 is 2.32 bits per heavy atom. The largest absolute Gasteiger partial charge is 0.377 e. The Morgan fingerprint density at radius 3 is 2.95 bits per heavy atom. The Labute approximate surface area is 124 Å². The van der Waals surface area contributed by atoms with Crippen molar-refractivity contribution in [3.8, 4) is 0 Å². The summed E-state index contributed by atoms with van der Waals surface area (Å²) in [4.78, 5) is 7.78. The maximum Gasteiger partial charge on any atom is 0.243 e. The normalized spacial score (nSPS) is 13.1. The highest BCUT2D eigenvalue weighted by Gasteiger charge is 2.19. The molecule has 0 N–H and O–H groups in total. The number of aromatic nitrogens is 2. The van der Waals surface area contributed by atoms with E-state index in [1.807, 2.05) is 14.0 Å². The molecule has 2 aromatic rings. The van der Waals surface area contributed by atoms with Crippen molar-refractivity contribution < 1.29 is 9.26 Å². The summed E-state index contributed by atoms with van der Waals surface area (Å²) in [6, 6.07) is 4.24. The van der Waals surface area contributed by atoms with Gasteiger partial charge in [0.25, 0.3) is 0 Å². The van der Waals surface area contributed by atoms with Crippen molar-refractivity contribution in [2.45, 2.75) is 26.1 Å². The average molecular weight is 346 g/mol. The molecule has 0 radical (unpaired) electrons. The zero-order valence-electron chi connectivity index (χ0n) is 11.1. The number of halogens is 1. The van der Waals surface area contributed by atoms with Crippen LogP contribution in [-0.2, 0) is 17.9 Å². The molecule has 0 spiro atoms. The van der Waals surface area contributed by atoms with E-state index in [1.54, 1.807) is 18.4 Å². The Balaban J connectivity index is 1.99. The third kappa shape index (κ3) is 3.85. The van der Waals surface area contributed by atoms with Gasteiger partial charge in [-0.15, -0.1) is 11.3 Å². The first kappa shape index (κ1) is 14.6. The molecule has 0 aliphatic heterocycles. The van der Waals surface area contributed by atoms with Crippen molar-refractivity contribution in [1.82, 2.24) is 15.0 Å². The third-order valence-corrected chi connectivity index (χ3v) is 4.42. The van der Waals surface area contributed by atoms with Crippen molar-refractivity contribution in [3.05, 3.63) is 32.5 Å². The number of methoxy groups -OCH3 is 1. The van der Waals surface area contributed by atoms with Crippen LogP contribution in [-0.4, -0.2) is 29.2 Å². The lowest BCUT2D eigenvalue weighted by Gasteiger charge is -2.20. The molecule has 0 unspecified atom stereocenters. The predicted molar refractivity (Wildman–Crippen MR) is 76.9 cm³/mol. The van der Waals surface area contributed by atoms with Gasteiger partial charge in [0.1, 0.15) is 6.61 Å². The lowest BCUT2D eigenvalue weighted by molar-refractivity contribution is 0.173. The number of hydrogen-bond donors (Lipinski definition) is 0. The molecule has 2 heterocycles. The zero-order valence-corrected chi connectivity index (χ0v) is 13.5. The lowest BCUT2D eigenvalue weighted by Crippen LogP contribution is -2.21.